The molecule has 2 aromatic carbocycles. The van der Waals surface area contributed by atoms with E-state index in [4.69, 9.17) is 37.7 Å². The van der Waals surface area contributed by atoms with Crippen molar-refractivity contribution in [1.29, 1.82) is 0 Å². The molecule has 4 rings (SSSR count). The van der Waals surface area contributed by atoms with Gasteiger partial charge in [0.2, 0.25) is 11.9 Å². The molecule has 0 aliphatic heterocycles. The number of anilines is 1. The van der Waals surface area contributed by atoms with Crippen LogP contribution in [0.5, 0.6) is 11.5 Å². The van der Waals surface area contributed by atoms with E-state index in [9.17, 15) is 4.79 Å². The van der Waals surface area contributed by atoms with Crippen LogP contribution in [0, 0.1) is 0 Å². The van der Waals surface area contributed by atoms with Gasteiger partial charge in [0.15, 0.2) is 0 Å². The third-order valence-corrected chi connectivity index (χ3v) is 7.29. The van der Waals surface area contributed by atoms with Crippen LogP contribution in [0.1, 0.15) is 38.5 Å². The van der Waals surface area contributed by atoms with E-state index in [2.05, 4.69) is 22.2 Å². The van der Waals surface area contributed by atoms with Gasteiger partial charge in [-0.25, -0.2) is 9.97 Å². The van der Waals surface area contributed by atoms with Crippen LogP contribution in [-0.2, 0) is 4.79 Å². The molecule has 1 aliphatic rings. The summed E-state index contributed by atoms with van der Waals surface area (Å²) in [6.07, 6.45) is 9.43. The van der Waals surface area contributed by atoms with Crippen molar-refractivity contribution in [2.24, 2.45) is 0 Å². The van der Waals surface area contributed by atoms with Crippen LogP contribution in [0.25, 0.3) is 22.0 Å². The molecule has 1 unspecified atom stereocenters. The summed E-state index contributed by atoms with van der Waals surface area (Å²) >= 11 is 13.2. The zero-order valence-corrected chi connectivity index (χ0v) is 22.0. The van der Waals surface area contributed by atoms with Gasteiger partial charge in [-0.3, -0.25) is 4.79 Å². The number of benzene rings is 2. The Kier molecular flexibility index (Phi) is 8.54. The molecule has 1 aromatic heterocycles. The molecule has 1 aliphatic carbocycles. The Bertz CT molecular complexity index is 1240. The number of aromatic nitrogens is 2. The van der Waals surface area contributed by atoms with E-state index >= 15 is 0 Å². The molecule has 7 nitrogen and oxygen atoms in total. The van der Waals surface area contributed by atoms with Crippen LogP contribution in [0.15, 0.2) is 43.1 Å². The van der Waals surface area contributed by atoms with Crippen molar-refractivity contribution in [3.8, 4) is 22.6 Å². The number of halogens is 2. The van der Waals surface area contributed by atoms with Gasteiger partial charge in [-0.15, -0.1) is 0 Å². The van der Waals surface area contributed by atoms with Crippen LogP contribution in [0.2, 0.25) is 10.0 Å². The summed E-state index contributed by atoms with van der Waals surface area (Å²) in [5.74, 6) is 1.31. The highest BCUT2D eigenvalue weighted by atomic mass is 35.5. The molecule has 0 bridgehead atoms. The molecule has 3 aromatic rings. The molecule has 1 fully saturated rings. The summed E-state index contributed by atoms with van der Waals surface area (Å²) in [6.45, 7) is 3.58. The van der Waals surface area contributed by atoms with Gasteiger partial charge in [0.1, 0.15) is 11.5 Å². The van der Waals surface area contributed by atoms with E-state index < -0.39 is 0 Å². The predicted molar refractivity (Wildman–Crippen MR) is 145 cm³/mol. The Labute approximate surface area is 221 Å². The molecule has 2 atom stereocenters. The van der Waals surface area contributed by atoms with Gasteiger partial charge in [0.05, 0.1) is 29.8 Å². The lowest BCUT2D eigenvalue weighted by Gasteiger charge is -2.30. The lowest BCUT2D eigenvalue weighted by molar-refractivity contribution is -0.117. The molecule has 0 spiro atoms. The van der Waals surface area contributed by atoms with Crippen LogP contribution < -0.4 is 20.1 Å². The first-order valence-corrected chi connectivity index (χ1v) is 12.8. The average molecular weight is 529 g/mol. The third-order valence-electron chi connectivity index (χ3n) is 6.54. The van der Waals surface area contributed by atoms with Gasteiger partial charge in [-0.2, -0.15) is 0 Å². The molecule has 1 saturated carbocycles. The number of rotatable bonds is 7. The number of ether oxygens (including phenoxy) is 2. The van der Waals surface area contributed by atoms with E-state index in [0.29, 0.717) is 33.1 Å². The number of amides is 1. The number of carbonyl (C=O) groups excluding carboxylic acids is 1. The zero-order valence-electron chi connectivity index (χ0n) is 20.4. The summed E-state index contributed by atoms with van der Waals surface area (Å²) in [5, 5.41) is 8.18. The van der Waals surface area contributed by atoms with Crippen molar-refractivity contribution in [3.05, 3.63) is 53.2 Å². The first-order chi connectivity index (χ1) is 17.4. The van der Waals surface area contributed by atoms with Crippen molar-refractivity contribution < 1.29 is 14.3 Å². The first-order valence-electron chi connectivity index (χ1n) is 12.0. The smallest absolute Gasteiger partial charge is 0.243 e. The van der Waals surface area contributed by atoms with Gasteiger partial charge >= 0.3 is 0 Å². The average Bonchev–Trinajstić information content (AvgIpc) is 2.88. The fourth-order valence-corrected chi connectivity index (χ4v) is 5.35. The van der Waals surface area contributed by atoms with E-state index in [0.717, 1.165) is 42.1 Å². The maximum absolute atomic E-state index is 12.0. The Morgan fingerprint density at radius 1 is 1.03 bits per heavy atom. The first kappa shape index (κ1) is 26.0. The van der Waals surface area contributed by atoms with Crippen LogP contribution in [0.4, 0.5) is 5.95 Å². The van der Waals surface area contributed by atoms with Gasteiger partial charge in [-0.1, -0.05) is 61.5 Å². The number of nitrogens with zero attached hydrogens (tertiary/aromatic N) is 2. The predicted octanol–water partition coefficient (Wildman–Crippen LogP) is 6.43. The Morgan fingerprint density at radius 2 is 1.69 bits per heavy atom. The second-order valence-corrected chi connectivity index (χ2v) is 9.57. The largest absolute Gasteiger partial charge is 0.495 e. The van der Waals surface area contributed by atoms with Crippen LogP contribution in [-0.4, -0.2) is 42.2 Å². The van der Waals surface area contributed by atoms with Crippen LogP contribution in [0.3, 0.4) is 0 Å². The number of hydrogen-bond acceptors (Lipinski definition) is 6. The normalized spacial score (nSPS) is 18.1. The lowest BCUT2D eigenvalue weighted by atomic mass is 9.92. The summed E-state index contributed by atoms with van der Waals surface area (Å²) in [5.41, 5.74) is 2.19. The van der Waals surface area contributed by atoms with Crippen molar-refractivity contribution >= 4 is 46.0 Å². The summed E-state index contributed by atoms with van der Waals surface area (Å²) < 4.78 is 10.8. The minimum absolute atomic E-state index is 0.00945. The Balaban J connectivity index is 1.63. The van der Waals surface area contributed by atoms with Crippen LogP contribution >= 0.6 is 23.2 Å². The van der Waals surface area contributed by atoms with Gasteiger partial charge < -0.3 is 20.1 Å². The van der Waals surface area contributed by atoms with Crippen molar-refractivity contribution in [2.45, 2.75) is 50.6 Å². The van der Waals surface area contributed by atoms with Crippen molar-refractivity contribution in [2.75, 3.05) is 19.5 Å². The van der Waals surface area contributed by atoms with Gasteiger partial charge in [-0.05, 0) is 36.6 Å². The molecule has 190 valence electrons. The number of hydrogen-bond donors (Lipinski definition) is 2. The number of methoxy groups -OCH3 is 2. The fourth-order valence-electron chi connectivity index (χ4n) is 4.63. The minimum Gasteiger partial charge on any atom is -0.495 e. The highest BCUT2D eigenvalue weighted by Crippen LogP contribution is 2.46. The quantitative estimate of drug-likeness (QED) is 0.344. The number of fused-ring (bicyclic) bond motifs is 1. The third kappa shape index (κ3) is 5.68. The molecule has 1 amide bonds. The monoisotopic (exact) mass is 528 g/mol. The fraction of sp³-hybridized carbons (Fsp3) is 0.370. The van der Waals surface area contributed by atoms with E-state index in [-0.39, 0.29) is 18.0 Å². The molecule has 36 heavy (non-hydrogen) atoms. The molecule has 0 saturated heterocycles. The zero-order chi connectivity index (χ0) is 25.7. The molecule has 0 radical (unpaired) electrons. The topological polar surface area (TPSA) is 85.4 Å². The Hall–Kier alpha value is -3.03. The highest BCUT2D eigenvalue weighted by molar-refractivity contribution is 6.41. The Morgan fingerprint density at radius 3 is 2.33 bits per heavy atom. The number of carbonyl (C=O) groups is 1. The van der Waals surface area contributed by atoms with E-state index in [1.807, 2.05) is 18.2 Å². The van der Waals surface area contributed by atoms with E-state index in [1.165, 1.54) is 18.9 Å². The molecule has 1 heterocycles. The highest BCUT2D eigenvalue weighted by Gasteiger charge is 2.25. The second-order valence-electron chi connectivity index (χ2n) is 8.81. The number of nitrogens with one attached hydrogen (secondary N) is 2. The van der Waals surface area contributed by atoms with Crippen molar-refractivity contribution in [1.82, 2.24) is 15.3 Å². The molecular formula is C27H30Cl2N4O3. The summed E-state index contributed by atoms with van der Waals surface area (Å²) in [4.78, 5) is 21.3. The minimum atomic E-state index is -0.161. The van der Waals surface area contributed by atoms with Gasteiger partial charge in [0.25, 0.3) is 0 Å². The maximum Gasteiger partial charge on any atom is 0.243 e. The molecular weight excluding hydrogens is 499 g/mol. The lowest BCUT2D eigenvalue weighted by Crippen LogP contribution is -2.47. The second kappa shape index (κ2) is 11.8. The SMILES string of the molecule is C=CC(=O)NC1CCCCCC[C@@H]1Nc1ncc2cc(-c3c(Cl)c(OC)cc(OC)c3Cl)ccc2n1. The maximum atomic E-state index is 12.0. The van der Waals surface area contributed by atoms with Crippen molar-refractivity contribution in [3.63, 3.8) is 0 Å². The standard InChI is InChI=1S/C27H30Cl2N4O3/c1-4-23(34)31-19-9-7-5-6-8-10-20(19)33-27-30-15-17-13-16(11-12-18(17)32-27)24-25(28)21(35-2)14-22(36-3)26(24)29/h4,11-15,19-20H,1,5-10H2,2-3H3,(H,31,34)(H,30,32,33)/t19?,20-/m0/s1. The summed E-state index contributed by atoms with van der Waals surface area (Å²) in [7, 11) is 3.09. The molecule has 2 N–H and O–H groups in total. The summed E-state index contributed by atoms with van der Waals surface area (Å²) in [6, 6.07) is 7.45. The van der Waals surface area contributed by atoms with Gasteiger partial charge in [0, 0.05) is 35.3 Å². The molecule has 9 heteroatoms. The van der Waals surface area contributed by atoms with E-state index in [1.54, 1.807) is 26.5 Å².